The highest BCUT2D eigenvalue weighted by Crippen LogP contribution is 2.37. The zero-order chi connectivity index (χ0) is 12.8. The molecule has 0 saturated heterocycles. The highest BCUT2D eigenvalue weighted by Gasteiger charge is 2.26. The summed E-state index contributed by atoms with van der Waals surface area (Å²) < 4.78 is 0. The molecule has 1 aromatic rings. The van der Waals surface area contributed by atoms with Crippen molar-refractivity contribution in [2.24, 2.45) is 5.73 Å². The molecular weight excluding hydrogens is 240 g/mol. The molecule has 0 bridgehead atoms. The summed E-state index contributed by atoms with van der Waals surface area (Å²) in [6.07, 6.45) is 2.39. The number of hydrogen-bond donors (Lipinski definition) is 1. The van der Waals surface area contributed by atoms with E-state index in [9.17, 15) is 0 Å². The molecule has 18 heavy (non-hydrogen) atoms. The molecule has 0 fully saturated rings. The Labute approximate surface area is 115 Å². The van der Waals surface area contributed by atoms with E-state index in [1.807, 2.05) is 11.8 Å². The Kier molecular flexibility index (Phi) is 5.39. The van der Waals surface area contributed by atoms with Crippen molar-refractivity contribution in [3.63, 3.8) is 0 Å². The molecule has 0 aliphatic carbocycles. The Morgan fingerprint density at radius 2 is 2.22 bits per heavy atom. The third-order valence-electron chi connectivity index (χ3n) is 3.59. The first kappa shape index (κ1) is 13.8. The summed E-state index contributed by atoms with van der Waals surface area (Å²) in [5.41, 5.74) is 8.68. The van der Waals surface area contributed by atoms with Gasteiger partial charge in [-0.05, 0) is 42.5 Å². The summed E-state index contributed by atoms with van der Waals surface area (Å²) >= 11 is 2.04. The van der Waals surface area contributed by atoms with Gasteiger partial charge in [0.25, 0.3) is 0 Å². The number of rotatable bonds is 7. The summed E-state index contributed by atoms with van der Waals surface area (Å²) in [5.74, 6) is 3.15. The van der Waals surface area contributed by atoms with Crippen LogP contribution >= 0.6 is 11.8 Å². The van der Waals surface area contributed by atoms with Crippen molar-refractivity contribution in [1.29, 1.82) is 0 Å². The number of nitrogens with two attached hydrogens (primary N) is 1. The van der Waals surface area contributed by atoms with Gasteiger partial charge in [-0.15, -0.1) is 0 Å². The fourth-order valence-corrected chi connectivity index (χ4v) is 3.37. The lowest BCUT2D eigenvalue weighted by Crippen LogP contribution is -2.24. The van der Waals surface area contributed by atoms with Gasteiger partial charge < -0.3 is 10.6 Å². The van der Waals surface area contributed by atoms with E-state index in [1.165, 1.54) is 35.7 Å². The maximum Gasteiger partial charge on any atom is 0.0402 e. The Morgan fingerprint density at radius 1 is 1.39 bits per heavy atom. The van der Waals surface area contributed by atoms with Crippen LogP contribution in [0, 0.1) is 0 Å². The van der Waals surface area contributed by atoms with Gasteiger partial charge in [0.15, 0.2) is 0 Å². The van der Waals surface area contributed by atoms with Crippen LogP contribution in [0.15, 0.2) is 24.3 Å². The molecule has 1 aromatic carbocycles. The van der Waals surface area contributed by atoms with E-state index in [0.717, 1.165) is 19.5 Å². The van der Waals surface area contributed by atoms with Crippen LogP contribution in [0.3, 0.4) is 0 Å². The number of nitrogens with zero attached hydrogens (tertiary/aromatic N) is 1. The second kappa shape index (κ2) is 7.05. The number of hydrogen-bond acceptors (Lipinski definition) is 3. The molecule has 1 heterocycles. The van der Waals surface area contributed by atoms with Crippen LogP contribution in [-0.4, -0.2) is 31.1 Å². The molecule has 1 unspecified atom stereocenters. The smallest absolute Gasteiger partial charge is 0.0402 e. The molecule has 2 N–H and O–H groups in total. The van der Waals surface area contributed by atoms with Crippen molar-refractivity contribution in [3.05, 3.63) is 29.8 Å². The van der Waals surface area contributed by atoms with Crippen molar-refractivity contribution in [2.75, 3.05) is 36.0 Å². The van der Waals surface area contributed by atoms with Crippen molar-refractivity contribution in [2.45, 2.75) is 25.7 Å². The molecule has 1 aliphatic heterocycles. The highest BCUT2D eigenvalue weighted by atomic mass is 32.2. The lowest BCUT2D eigenvalue weighted by atomic mass is 9.98. The van der Waals surface area contributed by atoms with Gasteiger partial charge in [0, 0.05) is 24.7 Å². The standard InChI is InChI=1S/C15H24N2S/c1-2-18-11-5-10-17-12-13(8-9-16)14-6-3-4-7-15(14)17/h3-4,6-7,13H,2,5,8-12,16H2,1H3. The van der Waals surface area contributed by atoms with E-state index in [-0.39, 0.29) is 0 Å². The Balaban J connectivity index is 1.97. The van der Waals surface area contributed by atoms with Crippen molar-refractivity contribution in [1.82, 2.24) is 0 Å². The molecular formula is C15H24N2S. The van der Waals surface area contributed by atoms with Crippen LogP contribution in [0.1, 0.15) is 31.2 Å². The minimum Gasteiger partial charge on any atom is -0.371 e. The van der Waals surface area contributed by atoms with Gasteiger partial charge >= 0.3 is 0 Å². The van der Waals surface area contributed by atoms with Gasteiger partial charge in [-0.2, -0.15) is 11.8 Å². The quantitative estimate of drug-likeness (QED) is 0.767. The first-order valence-electron chi connectivity index (χ1n) is 6.98. The predicted octanol–water partition coefficient (Wildman–Crippen LogP) is 3.08. The van der Waals surface area contributed by atoms with E-state index < -0.39 is 0 Å². The Bertz CT molecular complexity index is 367. The lowest BCUT2D eigenvalue weighted by Gasteiger charge is -2.19. The molecule has 2 rings (SSSR count). The second-order valence-corrected chi connectivity index (χ2v) is 6.22. The largest absolute Gasteiger partial charge is 0.371 e. The molecule has 0 saturated carbocycles. The van der Waals surface area contributed by atoms with E-state index in [0.29, 0.717) is 5.92 Å². The number of para-hydroxylation sites is 1. The van der Waals surface area contributed by atoms with Crippen LogP contribution in [0.4, 0.5) is 5.69 Å². The van der Waals surface area contributed by atoms with Gasteiger partial charge in [-0.1, -0.05) is 25.1 Å². The topological polar surface area (TPSA) is 29.3 Å². The van der Waals surface area contributed by atoms with Crippen molar-refractivity contribution in [3.8, 4) is 0 Å². The van der Waals surface area contributed by atoms with E-state index in [1.54, 1.807) is 0 Å². The summed E-state index contributed by atoms with van der Waals surface area (Å²) in [6, 6.07) is 8.84. The lowest BCUT2D eigenvalue weighted by molar-refractivity contribution is 0.642. The van der Waals surface area contributed by atoms with Gasteiger partial charge in [-0.25, -0.2) is 0 Å². The highest BCUT2D eigenvalue weighted by molar-refractivity contribution is 7.99. The monoisotopic (exact) mass is 264 g/mol. The molecule has 3 heteroatoms. The first-order valence-corrected chi connectivity index (χ1v) is 8.14. The normalized spacial score (nSPS) is 18.1. The maximum absolute atomic E-state index is 5.73. The summed E-state index contributed by atoms with van der Waals surface area (Å²) in [6.45, 7) is 5.37. The molecule has 100 valence electrons. The van der Waals surface area contributed by atoms with Gasteiger partial charge in [0.2, 0.25) is 0 Å². The number of thioether (sulfide) groups is 1. The molecule has 0 radical (unpaired) electrons. The molecule has 2 nitrogen and oxygen atoms in total. The fraction of sp³-hybridized carbons (Fsp3) is 0.600. The zero-order valence-electron chi connectivity index (χ0n) is 11.3. The first-order chi connectivity index (χ1) is 8.86. The van der Waals surface area contributed by atoms with Crippen LogP contribution < -0.4 is 10.6 Å². The van der Waals surface area contributed by atoms with Gasteiger partial charge in [-0.3, -0.25) is 0 Å². The van der Waals surface area contributed by atoms with E-state index >= 15 is 0 Å². The van der Waals surface area contributed by atoms with E-state index in [2.05, 4.69) is 36.1 Å². The minimum absolute atomic E-state index is 0.644. The molecule has 0 spiro atoms. The van der Waals surface area contributed by atoms with Gasteiger partial charge in [0.05, 0.1) is 0 Å². The van der Waals surface area contributed by atoms with Crippen LogP contribution in [-0.2, 0) is 0 Å². The summed E-state index contributed by atoms with van der Waals surface area (Å²) in [4.78, 5) is 2.55. The maximum atomic E-state index is 5.73. The third kappa shape index (κ3) is 3.21. The molecule has 1 aliphatic rings. The van der Waals surface area contributed by atoms with Crippen LogP contribution in [0.5, 0.6) is 0 Å². The number of fused-ring (bicyclic) bond motifs is 1. The van der Waals surface area contributed by atoms with Crippen molar-refractivity contribution >= 4 is 17.4 Å². The molecule has 0 aromatic heterocycles. The zero-order valence-corrected chi connectivity index (χ0v) is 12.1. The fourth-order valence-electron chi connectivity index (χ4n) is 2.74. The minimum atomic E-state index is 0.644. The summed E-state index contributed by atoms with van der Waals surface area (Å²) in [7, 11) is 0. The Morgan fingerprint density at radius 3 is 3.00 bits per heavy atom. The average molecular weight is 264 g/mol. The predicted molar refractivity (Wildman–Crippen MR) is 82.7 cm³/mol. The summed E-state index contributed by atoms with van der Waals surface area (Å²) in [5, 5.41) is 0. The third-order valence-corrected chi connectivity index (χ3v) is 4.58. The SMILES string of the molecule is CCSCCCN1CC(CCN)c2ccccc21. The second-order valence-electron chi connectivity index (χ2n) is 4.83. The molecule has 1 atom stereocenters. The van der Waals surface area contributed by atoms with Crippen LogP contribution in [0.25, 0.3) is 0 Å². The van der Waals surface area contributed by atoms with Gasteiger partial charge in [0.1, 0.15) is 0 Å². The van der Waals surface area contributed by atoms with Crippen LogP contribution in [0.2, 0.25) is 0 Å². The number of benzene rings is 1. The van der Waals surface area contributed by atoms with Crippen molar-refractivity contribution < 1.29 is 0 Å². The van der Waals surface area contributed by atoms with E-state index in [4.69, 9.17) is 5.73 Å². The Hall–Kier alpha value is -0.670. The number of anilines is 1. The average Bonchev–Trinajstić information content (AvgIpc) is 2.74. The molecule has 0 amide bonds.